The molecule has 2 aromatic carbocycles. The van der Waals surface area contributed by atoms with E-state index >= 15 is 0 Å². The maximum Gasteiger partial charge on any atom is 0.416 e. The normalized spacial score (nSPS) is 14.0. The molecular weight excluding hydrogens is 522 g/mol. The van der Waals surface area contributed by atoms with Crippen LogP contribution in [0, 0.1) is 0 Å². The lowest BCUT2D eigenvalue weighted by Crippen LogP contribution is -2.35. The van der Waals surface area contributed by atoms with Crippen LogP contribution in [0.15, 0.2) is 52.9 Å². The number of carbonyl (C=O) groups is 1. The Morgan fingerprint density at radius 2 is 1.77 bits per heavy atom. The van der Waals surface area contributed by atoms with E-state index in [0.717, 1.165) is 44.5 Å². The minimum absolute atomic E-state index is 0.0551. The van der Waals surface area contributed by atoms with Crippen molar-refractivity contribution in [3.8, 4) is 11.3 Å². The molecule has 35 heavy (non-hydrogen) atoms. The van der Waals surface area contributed by atoms with Gasteiger partial charge in [0.15, 0.2) is 10.9 Å². The molecule has 5 nitrogen and oxygen atoms in total. The van der Waals surface area contributed by atoms with Gasteiger partial charge in [-0.3, -0.25) is 10.1 Å². The number of rotatable bonds is 4. The summed E-state index contributed by atoms with van der Waals surface area (Å²) in [5.74, 6) is -0.398. The van der Waals surface area contributed by atoms with Crippen molar-refractivity contribution in [1.82, 2.24) is 5.32 Å². The Hall–Kier alpha value is -2.75. The Labute approximate surface area is 215 Å². The van der Waals surface area contributed by atoms with Crippen LogP contribution in [-0.2, 0) is 6.18 Å². The van der Waals surface area contributed by atoms with E-state index in [1.807, 2.05) is 4.90 Å². The van der Waals surface area contributed by atoms with Crippen LogP contribution in [0.2, 0.25) is 10.0 Å². The van der Waals surface area contributed by atoms with Crippen molar-refractivity contribution in [2.75, 3.05) is 23.3 Å². The summed E-state index contributed by atoms with van der Waals surface area (Å²) in [5.41, 5.74) is 0.445. The molecule has 11 heteroatoms. The molecule has 0 saturated carbocycles. The molecule has 1 amide bonds. The smallest absolute Gasteiger partial charge is 0.416 e. The highest BCUT2D eigenvalue weighted by Crippen LogP contribution is 2.37. The molecule has 2 heterocycles. The van der Waals surface area contributed by atoms with E-state index in [0.29, 0.717) is 22.0 Å². The molecule has 0 radical (unpaired) electrons. The van der Waals surface area contributed by atoms with Crippen molar-refractivity contribution < 1.29 is 22.4 Å². The molecule has 0 spiro atoms. The van der Waals surface area contributed by atoms with Gasteiger partial charge in [0.2, 0.25) is 0 Å². The summed E-state index contributed by atoms with van der Waals surface area (Å²) >= 11 is 17.5. The first-order chi connectivity index (χ1) is 16.6. The van der Waals surface area contributed by atoms with Crippen LogP contribution in [0.3, 0.4) is 0 Å². The first-order valence-electron chi connectivity index (χ1n) is 10.8. The quantitative estimate of drug-likeness (QED) is 0.337. The van der Waals surface area contributed by atoms with Gasteiger partial charge in [0.25, 0.3) is 5.91 Å². The van der Waals surface area contributed by atoms with E-state index in [1.165, 1.54) is 12.1 Å². The number of anilines is 2. The average Bonchev–Trinajstić information content (AvgIpc) is 3.31. The predicted octanol–water partition coefficient (Wildman–Crippen LogP) is 7.39. The Bertz CT molecular complexity index is 1260. The van der Waals surface area contributed by atoms with Crippen LogP contribution in [0.4, 0.5) is 24.5 Å². The molecule has 0 aliphatic carbocycles. The number of thiocarbonyl (C=S) groups is 1. The number of halogens is 5. The number of amides is 1. The van der Waals surface area contributed by atoms with Crippen LogP contribution in [0.5, 0.6) is 0 Å². The Kier molecular flexibility index (Phi) is 7.59. The van der Waals surface area contributed by atoms with Crippen LogP contribution in [0.1, 0.15) is 35.4 Å². The number of hydrogen-bond acceptors (Lipinski definition) is 4. The lowest BCUT2D eigenvalue weighted by molar-refractivity contribution is -0.137. The zero-order chi connectivity index (χ0) is 25.2. The molecule has 1 aliphatic rings. The Morgan fingerprint density at radius 1 is 1.03 bits per heavy atom. The van der Waals surface area contributed by atoms with Gasteiger partial charge in [-0.05, 0) is 73.9 Å². The molecule has 0 atom stereocenters. The third-order valence-electron chi connectivity index (χ3n) is 5.54. The van der Waals surface area contributed by atoms with Gasteiger partial charge in [0.1, 0.15) is 5.76 Å². The zero-order valence-electron chi connectivity index (χ0n) is 18.2. The molecule has 2 N–H and O–H groups in total. The van der Waals surface area contributed by atoms with Crippen molar-refractivity contribution in [3.05, 3.63) is 69.9 Å². The van der Waals surface area contributed by atoms with Crippen molar-refractivity contribution in [1.29, 1.82) is 0 Å². The zero-order valence-corrected chi connectivity index (χ0v) is 20.5. The molecular formula is C24H20Cl2F3N3O2S. The first-order valence-corrected chi connectivity index (χ1v) is 11.9. The number of carbonyl (C=O) groups excluding carboxylic acids is 1. The fourth-order valence-electron chi connectivity index (χ4n) is 3.84. The second-order valence-corrected chi connectivity index (χ2v) is 9.14. The summed E-state index contributed by atoms with van der Waals surface area (Å²) < 4.78 is 45.6. The molecule has 1 saturated heterocycles. The summed E-state index contributed by atoms with van der Waals surface area (Å²) in [4.78, 5) is 14.7. The standard InChI is InChI=1S/C24H20Cl2F3N3O2S/c25-16-6-4-5-15(21(16)26)19-9-10-20(34-19)22(33)31-23(35)30-17-13-14(24(27,28)29)7-8-18(17)32-11-2-1-3-12-32/h4-10,13H,1-3,11-12H2,(H2,30,31,33,35). The Balaban J connectivity index is 1.51. The lowest BCUT2D eigenvalue weighted by Gasteiger charge is -2.31. The molecule has 4 rings (SSSR count). The average molecular weight is 542 g/mol. The van der Waals surface area contributed by atoms with Gasteiger partial charge >= 0.3 is 6.18 Å². The maximum absolute atomic E-state index is 13.3. The van der Waals surface area contributed by atoms with E-state index in [4.69, 9.17) is 39.8 Å². The van der Waals surface area contributed by atoms with E-state index in [9.17, 15) is 18.0 Å². The van der Waals surface area contributed by atoms with Crippen molar-refractivity contribution in [2.24, 2.45) is 0 Å². The highest BCUT2D eigenvalue weighted by atomic mass is 35.5. The second kappa shape index (κ2) is 10.5. The maximum atomic E-state index is 13.3. The van der Waals surface area contributed by atoms with Gasteiger partial charge in [0.05, 0.1) is 27.0 Å². The number of nitrogens with one attached hydrogen (secondary N) is 2. The third kappa shape index (κ3) is 5.91. The van der Waals surface area contributed by atoms with Gasteiger partial charge < -0.3 is 14.6 Å². The van der Waals surface area contributed by atoms with Crippen molar-refractivity contribution in [2.45, 2.75) is 25.4 Å². The number of benzene rings is 2. The molecule has 3 aromatic rings. The van der Waals surface area contributed by atoms with E-state index in [-0.39, 0.29) is 21.6 Å². The monoisotopic (exact) mass is 541 g/mol. The third-order valence-corrected chi connectivity index (χ3v) is 6.57. The topological polar surface area (TPSA) is 57.5 Å². The summed E-state index contributed by atoms with van der Waals surface area (Å²) in [5, 5.41) is 5.66. The minimum atomic E-state index is -4.52. The molecule has 1 aromatic heterocycles. The number of alkyl halides is 3. The molecule has 1 aliphatic heterocycles. The molecule has 0 unspecified atom stereocenters. The number of piperidine rings is 1. The number of hydrogen-bond donors (Lipinski definition) is 2. The van der Waals surface area contributed by atoms with Crippen LogP contribution in [0.25, 0.3) is 11.3 Å². The summed E-state index contributed by atoms with van der Waals surface area (Å²) in [6, 6.07) is 11.5. The van der Waals surface area contributed by atoms with E-state index in [2.05, 4.69) is 10.6 Å². The highest BCUT2D eigenvalue weighted by molar-refractivity contribution is 7.80. The van der Waals surface area contributed by atoms with Crippen molar-refractivity contribution >= 4 is 57.8 Å². The highest BCUT2D eigenvalue weighted by Gasteiger charge is 2.32. The summed E-state index contributed by atoms with van der Waals surface area (Å²) in [6.07, 6.45) is -1.56. The number of furan rings is 1. The van der Waals surface area contributed by atoms with Crippen LogP contribution in [-0.4, -0.2) is 24.1 Å². The van der Waals surface area contributed by atoms with Crippen LogP contribution < -0.4 is 15.5 Å². The van der Waals surface area contributed by atoms with Gasteiger partial charge in [-0.2, -0.15) is 13.2 Å². The lowest BCUT2D eigenvalue weighted by atomic mass is 10.1. The predicted molar refractivity (Wildman–Crippen MR) is 135 cm³/mol. The molecule has 0 bridgehead atoms. The molecule has 1 fully saturated rings. The summed E-state index contributed by atoms with van der Waals surface area (Å²) in [7, 11) is 0. The first kappa shape index (κ1) is 25.3. The second-order valence-electron chi connectivity index (χ2n) is 7.95. The number of nitrogens with zero attached hydrogens (tertiary/aromatic N) is 1. The molecule has 184 valence electrons. The van der Waals surface area contributed by atoms with Crippen molar-refractivity contribution in [3.63, 3.8) is 0 Å². The van der Waals surface area contributed by atoms with Crippen LogP contribution >= 0.6 is 35.4 Å². The SMILES string of the molecule is O=C(NC(=S)Nc1cc(C(F)(F)F)ccc1N1CCCCC1)c1ccc(-c2cccc(Cl)c2Cl)o1. The van der Waals surface area contributed by atoms with Gasteiger partial charge in [0, 0.05) is 18.7 Å². The largest absolute Gasteiger partial charge is 0.451 e. The summed E-state index contributed by atoms with van der Waals surface area (Å²) in [6.45, 7) is 1.45. The van der Waals surface area contributed by atoms with E-state index < -0.39 is 17.6 Å². The van der Waals surface area contributed by atoms with E-state index in [1.54, 1.807) is 24.3 Å². The van der Waals surface area contributed by atoms with Gasteiger partial charge in [-0.1, -0.05) is 29.3 Å². The fraction of sp³-hybridized carbons (Fsp3) is 0.250. The minimum Gasteiger partial charge on any atom is -0.451 e. The Morgan fingerprint density at radius 3 is 2.49 bits per heavy atom. The van der Waals surface area contributed by atoms with Gasteiger partial charge in [-0.15, -0.1) is 0 Å². The fourth-order valence-corrected chi connectivity index (χ4v) is 4.44. The van der Waals surface area contributed by atoms with Gasteiger partial charge in [-0.25, -0.2) is 0 Å².